The standard InChI is InChI=1S/C12H16N2O3/c1-8-11(12(15)14-7-6-13)17-10-5-3-2-4-9(10)16-8/h2-5,8,11H,6-7,13H2,1H3,(H,14,15). The Labute approximate surface area is 99.9 Å². The summed E-state index contributed by atoms with van der Waals surface area (Å²) >= 11 is 0. The normalized spacial score (nSPS) is 22.0. The third-order valence-electron chi connectivity index (χ3n) is 2.54. The number of para-hydroxylation sites is 2. The van der Waals surface area contributed by atoms with Gasteiger partial charge >= 0.3 is 0 Å². The quantitative estimate of drug-likeness (QED) is 0.791. The van der Waals surface area contributed by atoms with E-state index < -0.39 is 6.10 Å². The van der Waals surface area contributed by atoms with E-state index in [0.717, 1.165) is 0 Å². The highest BCUT2D eigenvalue weighted by molar-refractivity contribution is 5.82. The van der Waals surface area contributed by atoms with Gasteiger partial charge in [0.2, 0.25) is 6.10 Å². The summed E-state index contributed by atoms with van der Waals surface area (Å²) in [5.41, 5.74) is 5.33. The Hall–Kier alpha value is -1.75. The van der Waals surface area contributed by atoms with Crippen LogP contribution in [0.25, 0.3) is 0 Å². The number of carbonyl (C=O) groups is 1. The third kappa shape index (κ3) is 2.50. The Kier molecular flexibility index (Phi) is 3.49. The lowest BCUT2D eigenvalue weighted by molar-refractivity contribution is -0.133. The maximum atomic E-state index is 11.8. The SMILES string of the molecule is CC1Oc2ccccc2OC1C(=O)NCCN. The van der Waals surface area contributed by atoms with Crippen molar-refractivity contribution in [2.45, 2.75) is 19.1 Å². The van der Waals surface area contributed by atoms with Gasteiger partial charge < -0.3 is 20.5 Å². The lowest BCUT2D eigenvalue weighted by atomic mass is 10.1. The molecule has 3 N–H and O–H groups in total. The van der Waals surface area contributed by atoms with E-state index in [1.165, 1.54) is 0 Å². The molecule has 0 fully saturated rings. The lowest BCUT2D eigenvalue weighted by Crippen LogP contribution is -2.49. The number of amides is 1. The molecule has 1 aliphatic rings. The van der Waals surface area contributed by atoms with Crippen LogP contribution in [0.2, 0.25) is 0 Å². The molecule has 0 bridgehead atoms. The van der Waals surface area contributed by atoms with E-state index in [0.29, 0.717) is 24.6 Å². The smallest absolute Gasteiger partial charge is 0.265 e. The minimum atomic E-state index is -0.628. The summed E-state index contributed by atoms with van der Waals surface area (Å²) < 4.78 is 11.3. The maximum Gasteiger partial charge on any atom is 0.265 e. The van der Waals surface area contributed by atoms with Gasteiger partial charge in [-0.15, -0.1) is 0 Å². The second-order valence-electron chi connectivity index (χ2n) is 3.89. The average molecular weight is 236 g/mol. The molecule has 0 radical (unpaired) electrons. The van der Waals surface area contributed by atoms with Crippen LogP contribution in [0.1, 0.15) is 6.92 Å². The molecule has 1 aliphatic heterocycles. The van der Waals surface area contributed by atoms with Crippen LogP contribution in [0.4, 0.5) is 0 Å². The molecule has 1 aromatic carbocycles. The number of nitrogens with one attached hydrogen (secondary N) is 1. The van der Waals surface area contributed by atoms with Crippen molar-refractivity contribution in [3.63, 3.8) is 0 Å². The van der Waals surface area contributed by atoms with Crippen molar-refractivity contribution in [2.24, 2.45) is 5.73 Å². The third-order valence-corrected chi connectivity index (χ3v) is 2.54. The highest BCUT2D eigenvalue weighted by Crippen LogP contribution is 2.33. The van der Waals surface area contributed by atoms with Crippen molar-refractivity contribution < 1.29 is 14.3 Å². The Morgan fingerprint density at radius 1 is 1.35 bits per heavy atom. The fraction of sp³-hybridized carbons (Fsp3) is 0.417. The van der Waals surface area contributed by atoms with Crippen molar-refractivity contribution in [2.75, 3.05) is 13.1 Å². The van der Waals surface area contributed by atoms with Crippen molar-refractivity contribution in [1.29, 1.82) is 0 Å². The van der Waals surface area contributed by atoms with Crippen molar-refractivity contribution in [3.8, 4) is 11.5 Å². The number of fused-ring (bicyclic) bond motifs is 1. The second kappa shape index (κ2) is 5.05. The van der Waals surface area contributed by atoms with Crippen LogP contribution in [0.5, 0.6) is 11.5 Å². The number of benzene rings is 1. The number of rotatable bonds is 3. The van der Waals surface area contributed by atoms with E-state index in [1.807, 2.05) is 25.1 Å². The van der Waals surface area contributed by atoms with Gasteiger partial charge in [-0.3, -0.25) is 4.79 Å². The topological polar surface area (TPSA) is 73.6 Å². The second-order valence-corrected chi connectivity index (χ2v) is 3.89. The van der Waals surface area contributed by atoms with Crippen LogP contribution >= 0.6 is 0 Å². The van der Waals surface area contributed by atoms with Gasteiger partial charge in [0.15, 0.2) is 11.5 Å². The average Bonchev–Trinajstić information content (AvgIpc) is 2.35. The molecular formula is C12H16N2O3. The van der Waals surface area contributed by atoms with E-state index in [2.05, 4.69) is 5.32 Å². The molecule has 1 aromatic rings. The zero-order valence-corrected chi connectivity index (χ0v) is 9.68. The summed E-state index contributed by atoms with van der Waals surface area (Å²) in [5, 5.41) is 2.69. The highest BCUT2D eigenvalue weighted by atomic mass is 16.6. The van der Waals surface area contributed by atoms with Gasteiger partial charge in [0.05, 0.1) is 0 Å². The molecule has 0 saturated heterocycles. The summed E-state index contributed by atoms with van der Waals surface area (Å²) in [6.07, 6.45) is -0.945. The highest BCUT2D eigenvalue weighted by Gasteiger charge is 2.33. The molecule has 0 aliphatic carbocycles. The van der Waals surface area contributed by atoms with Gasteiger partial charge in [-0.05, 0) is 19.1 Å². The van der Waals surface area contributed by atoms with E-state index in [-0.39, 0.29) is 12.0 Å². The molecule has 0 saturated carbocycles. The van der Waals surface area contributed by atoms with Crippen LogP contribution in [-0.4, -0.2) is 31.2 Å². The predicted octanol–water partition coefficient (Wildman–Crippen LogP) is 0.290. The molecular weight excluding hydrogens is 220 g/mol. The Morgan fingerprint density at radius 3 is 2.65 bits per heavy atom. The predicted molar refractivity (Wildman–Crippen MR) is 63.0 cm³/mol. The Morgan fingerprint density at radius 2 is 2.00 bits per heavy atom. The summed E-state index contributed by atoms with van der Waals surface area (Å²) in [6, 6.07) is 7.31. The summed E-state index contributed by atoms with van der Waals surface area (Å²) in [5.74, 6) is 1.07. The van der Waals surface area contributed by atoms with Gasteiger partial charge in [0.1, 0.15) is 6.10 Å². The van der Waals surface area contributed by atoms with Crippen molar-refractivity contribution in [1.82, 2.24) is 5.32 Å². The summed E-state index contributed by atoms with van der Waals surface area (Å²) in [6.45, 7) is 2.65. The van der Waals surface area contributed by atoms with E-state index in [9.17, 15) is 4.79 Å². The molecule has 0 aromatic heterocycles. The summed E-state index contributed by atoms with van der Waals surface area (Å²) in [7, 11) is 0. The van der Waals surface area contributed by atoms with Gasteiger partial charge in [-0.25, -0.2) is 0 Å². The molecule has 1 amide bonds. The summed E-state index contributed by atoms with van der Waals surface area (Å²) in [4.78, 5) is 11.8. The van der Waals surface area contributed by atoms with Gasteiger partial charge in [-0.1, -0.05) is 12.1 Å². The number of hydrogen-bond donors (Lipinski definition) is 2. The molecule has 5 nitrogen and oxygen atoms in total. The molecule has 2 atom stereocenters. The first-order chi connectivity index (χ1) is 8.22. The molecule has 0 spiro atoms. The fourth-order valence-electron chi connectivity index (χ4n) is 1.70. The fourth-order valence-corrected chi connectivity index (χ4v) is 1.70. The number of nitrogens with two attached hydrogens (primary N) is 1. The number of ether oxygens (including phenoxy) is 2. The first-order valence-corrected chi connectivity index (χ1v) is 5.62. The van der Waals surface area contributed by atoms with Gasteiger partial charge in [0.25, 0.3) is 5.91 Å². The van der Waals surface area contributed by atoms with Crippen LogP contribution in [0.15, 0.2) is 24.3 Å². The van der Waals surface area contributed by atoms with Crippen LogP contribution in [0.3, 0.4) is 0 Å². The first-order valence-electron chi connectivity index (χ1n) is 5.62. The lowest BCUT2D eigenvalue weighted by Gasteiger charge is -2.30. The monoisotopic (exact) mass is 236 g/mol. The van der Waals surface area contributed by atoms with Crippen LogP contribution in [-0.2, 0) is 4.79 Å². The molecule has 17 heavy (non-hydrogen) atoms. The zero-order chi connectivity index (χ0) is 12.3. The zero-order valence-electron chi connectivity index (χ0n) is 9.68. The van der Waals surface area contributed by atoms with Crippen LogP contribution < -0.4 is 20.5 Å². The largest absolute Gasteiger partial charge is 0.482 e. The van der Waals surface area contributed by atoms with Crippen LogP contribution in [0, 0.1) is 0 Å². The van der Waals surface area contributed by atoms with E-state index >= 15 is 0 Å². The minimum absolute atomic E-state index is 0.197. The molecule has 5 heteroatoms. The molecule has 2 rings (SSSR count). The minimum Gasteiger partial charge on any atom is -0.482 e. The van der Waals surface area contributed by atoms with Crippen molar-refractivity contribution >= 4 is 5.91 Å². The van der Waals surface area contributed by atoms with E-state index in [1.54, 1.807) is 6.07 Å². The number of carbonyl (C=O) groups excluding carboxylic acids is 1. The molecule has 2 unspecified atom stereocenters. The van der Waals surface area contributed by atoms with Crippen molar-refractivity contribution in [3.05, 3.63) is 24.3 Å². The first kappa shape index (κ1) is 11.7. The Balaban J connectivity index is 2.09. The molecule has 92 valence electrons. The maximum absolute atomic E-state index is 11.8. The van der Waals surface area contributed by atoms with Gasteiger partial charge in [0, 0.05) is 13.1 Å². The van der Waals surface area contributed by atoms with Gasteiger partial charge in [-0.2, -0.15) is 0 Å². The Bertz CT molecular complexity index is 408. The molecule has 1 heterocycles. The van der Waals surface area contributed by atoms with E-state index in [4.69, 9.17) is 15.2 Å². The number of hydrogen-bond acceptors (Lipinski definition) is 4.